The fourth-order valence-corrected chi connectivity index (χ4v) is 2.98. The lowest BCUT2D eigenvalue weighted by atomic mass is 10.1. The van der Waals surface area contributed by atoms with Crippen molar-refractivity contribution in [1.82, 2.24) is 4.98 Å². The molecule has 0 spiro atoms. The molecule has 1 aromatic heterocycles. The van der Waals surface area contributed by atoms with Crippen molar-refractivity contribution < 1.29 is 19.2 Å². The van der Waals surface area contributed by atoms with Crippen LogP contribution in [0.2, 0.25) is 0 Å². The third kappa shape index (κ3) is 3.70. The summed E-state index contributed by atoms with van der Waals surface area (Å²) in [4.78, 5) is 19.3. The van der Waals surface area contributed by atoms with Gasteiger partial charge in [-0.05, 0) is 48.4 Å². The summed E-state index contributed by atoms with van der Waals surface area (Å²) in [5, 5.41) is 23.4. The maximum Gasteiger partial charge on any atom is 0.273 e. The standard InChI is InChI=1S/C22H17N3O5/c1-13-6-7-18-19(8-13)30-22(24-18)14-4-3-5-16(9-14)23-12-15-10-17(25(27)28)11-20(29-2)21(15)26/h3-12,26H,1-2H3/p-1. The zero-order valence-electron chi connectivity index (χ0n) is 16.2. The average Bonchev–Trinajstić information content (AvgIpc) is 3.16. The number of methoxy groups -OCH3 is 1. The van der Waals surface area contributed by atoms with Crippen LogP contribution in [0, 0.1) is 17.0 Å². The number of nitro groups is 1. The highest BCUT2D eigenvalue weighted by atomic mass is 16.6. The molecule has 0 bridgehead atoms. The highest BCUT2D eigenvalue weighted by Gasteiger charge is 2.12. The van der Waals surface area contributed by atoms with Crippen LogP contribution in [-0.2, 0) is 0 Å². The minimum atomic E-state index is -0.588. The molecule has 150 valence electrons. The smallest absolute Gasteiger partial charge is 0.273 e. The van der Waals surface area contributed by atoms with Crippen molar-refractivity contribution in [3.05, 3.63) is 75.8 Å². The second kappa shape index (κ2) is 7.67. The fraction of sp³-hybridized carbons (Fsp3) is 0.0909. The van der Waals surface area contributed by atoms with Crippen molar-refractivity contribution in [1.29, 1.82) is 0 Å². The van der Waals surface area contributed by atoms with Crippen LogP contribution in [0.5, 0.6) is 11.5 Å². The Bertz CT molecular complexity index is 1290. The lowest BCUT2D eigenvalue weighted by molar-refractivity contribution is -0.385. The van der Waals surface area contributed by atoms with Crippen LogP contribution in [0.15, 0.2) is 64.0 Å². The molecule has 1 heterocycles. The SMILES string of the molecule is COc1cc([N+](=O)[O-])cc(C=Nc2cccc(-c3nc4ccc(C)cc4o3)c2)c1[O-]. The number of nitro benzene ring substituents is 1. The molecule has 4 aromatic rings. The van der Waals surface area contributed by atoms with E-state index in [1.165, 1.54) is 19.4 Å². The van der Waals surface area contributed by atoms with Gasteiger partial charge >= 0.3 is 0 Å². The zero-order chi connectivity index (χ0) is 21.3. The number of fused-ring (bicyclic) bond motifs is 1. The number of hydrogen-bond donors (Lipinski definition) is 0. The van der Waals surface area contributed by atoms with Gasteiger partial charge in [-0.2, -0.15) is 0 Å². The van der Waals surface area contributed by atoms with Crippen LogP contribution in [0.1, 0.15) is 11.1 Å². The van der Waals surface area contributed by atoms with Crippen molar-refractivity contribution in [2.24, 2.45) is 4.99 Å². The molecule has 8 heteroatoms. The van der Waals surface area contributed by atoms with Gasteiger partial charge in [0.1, 0.15) is 11.3 Å². The van der Waals surface area contributed by atoms with Crippen molar-refractivity contribution >= 4 is 28.7 Å². The molecule has 4 rings (SSSR count). The molecule has 0 fully saturated rings. The maximum absolute atomic E-state index is 12.3. The Morgan fingerprint density at radius 1 is 1.17 bits per heavy atom. The quantitative estimate of drug-likeness (QED) is 0.275. The van der Waals surface area contributed by atoms with Crippen LogP contribution in [0.3, 0.4) is 0 Å². The summed E-state index contributed by atoms with van der Waals surface area (Å²) >= 11 is 0. The van der Waals surface area contributed by atoms with E-state index in [2.05, 4.69) is 9.98 Å². The van der Waals surface area contributed by atoms with E-state index in [0.717, 1.165) is 22.7 Å². The zero-order valence-corrected chi connectivity index (χ0v) is 16.2. The van der Waals surface area contributed by atoms with Crippen molar-refractivity contribution in [3.8, 4) is 23.0 Å². The Labute approximate surface area is 171 Å². The van der Waals surface area contributed by atoms with E-state index in [9.17, 15) is 15.2 Å². The number of aliphatic imine (C=N–C) groups is 1. The van der Waals surface area contributed by atoms with E-state index in [-0.39, 0.29) is 17.0 Å². The Morgan fingerprint density at radius 2 is 2.00 bits per heavy atom. The molecule has 0 aliphatic rings. The first kappa shape index (κ1) is 19.1. The number of aromatic nitrogens is 1. The van der Waals surface area contributed by atoms with E-state index in [0.29, 0.717) is 17.2 Å². The number of oxazole rings is 1. The Morgan fingerprint density at radius 3 is 2.77 bits per heavy atom. The number of benzene rings is 3. The molecule has 0 N–H and O–H groups in total. The van der Waals surface area contributed by atoms with E-state index in [4.69, 9.17) is 9.15 Å². The molecule has 0 aliphatic heterocycles. The minimum Gasteiger partial charge on any atom is -0.870 e. The molecule has 0 unspecified atom stereocenters. The topological polar surface area (TPSA) is 114 Å². The van der Waals surface area contributed by atoms with Crippen LogP contribution in [0.4, 0.5) is 11.4 Å². The van der Waals surface area contributed by atoms with Gasteiger partial charge in [0, 0.05) is 17.8 Å². The molecule has 0 radical (unpaired) electrons. The maximum atomic E-state index is 12.3. The van der Waals surface area contributed by atoms with Gasteiger partial charge in [0.15, 0.2) is 5.58 Å². The molecule has 8 nitrogen and oxygen atoms in total. The Balaban J connectivity index is 1.68. The second-order valence-corrected chi connectivity index (χ2v) is 6.62. The number of hydrogen-bond acceptors (Lipinski definition) is 7. The Hall–Kier alpha value is -4.20. The monoisotopic (exact) mass is 402 g/mol. The van der Waals surface area contributed by atoms with E-state index >= 15 is 0 Å². The van der Waals surface area contributed by atoms with Gasteiger partial charge in [-0.25, -0.2) is 4.98 Å². The summed E-state index contributed by atoms with van der Waals surface area (Å²) in [7, 11) is 1.28. The lowest BCUT2D eigenvalue weighted by Gasteiger charge is -2.14. The first-order valence-electron chi connectivity index (χ1n) is 9.00. The molecule has 0 saturated heterocycles. The van der Waals surface area contributed by atoms with Crippen LogP contribution < -0.4 is 9.84 Å². The third-order valence-electron chi connectivity index (χ3n) is 4.49. The normalized spacial score (nSPS) is 11.3. The third-order valence-corrected chi connectivity index (χ3v) is 4.49. The summed E-state index contributed by atoms with van der Waals surface area (Å²) in [5.41, 5.74) is 3.59. The highest BCUT2D eigenvalue weighted by molar-refractivity contribution is 5.88. The largest absolute Gasteiger partial charge is 0.870 e. The number of non-ortho nitro benzene ring substituents is 1. The molecule has 3 aromatic carbocycles. The Kier molecular flexibility index (Phi) is 4.89. The first-order valence-corrected chi connectivity index (χ1v) is 9.00. The summed E-state index contributed by atoms with van der Waals surface area (Å²) in [5.74, 6) is -0.132. The van der Waals surface area contributed by atoms with Gasteiger partial charge in [-0.1, -0.05) is 17.9 Å². The molecule has 0 atom stereocenters. The van der Waals surface area contributed by atoms with E-state index < -0.39 is 10.7 Å². The molecule has 0 aliphatic carbocycles. The molecule has 0 amide bonds. The molecule has 30 heavy (non-hydrogen) atoms. The predicted octanol–water partition coefficient (Wildman–Crippen LogP) is 4.54. The number of aryl methyl sites for hydroxylation is 1. The minimum absolute atomic E-state index is 0.0591. The van der Waals surface area contributed by atoms with Crippen molar-refractivity contribution in [2.45, 2.75) is 6.92 Å². The van der Waals surface area contributed by atoms with Gasteiger partial charge in [0.2, 0.25) is 5.89 Å². The summed E-state index contributed by atoms with van der Waals surface area (Å²) < 4.78 is 10.8. The molecular formula is C22H16N3O5-. The number of nitrogens with zero attached hydrogens (tertiary/aromatic N) is 3. The lowest BCUT2D eigenvalue weighted by Crippen LogP contribution is -2.02. The summed E-state index contributed by atoms with van der Waals surface area (Å²) in [6, 6.07) is 15.2. The molecule has 0 saturated carbocycles. The van der Waals surface area contributed by atoms with Crippen molar-refractivity contribution in [3.63, 3.8) is 0 Å². The van der Waals surface area contributed by atoms with Crippen LogP contribution >= 0.6 is 0 Å². The predicted molar refractivity (Wildman–Crippen MR) is 111 cm³/mol. The summed E-state index contributed by atoms with van der Waals surface area (Å²) in [6.07, 6.45) is 1.28. The van der Waals surface area contributed by atoms with Crippen molar-refractivity contribution in [2.75, 3.05) is 7.11 Å². The first-order chi connectivity index (χ1) is 14.4. The van der Waals surface area contributed by atoms with Gasteiger partial charge in [-0.3, -0.25) is 15.1 Å². The summed E-state index contributed by atoms with van der Waals surface area (Å²) in [6.45, 7) is 1.98. The number of ether oxygens (including phenoxy) is 1. The average molecular weight is 402 g/mol. The van der Waals surface area contributed by atoms with Gasteiger partial charge in [-0.15, -0.1) is 0 Å². The fourth-order valence-electron chi connectivity index (χ4n) is 2.98. The highest BCUT2D eigenvalue weighted by Crippen LogP contribution is 2.32. The van der Waals surface area contributed by atoms with Crippen LogP contribution in [-0.4, -0.2) is 23.2 Å². The van der Waals surface area contributed by atoms with Gasteiger partial charge in [0.25, 0.3) is 5.69 Å². The molecular weight excluding hydrogens is 386 g/mol. The van der Waals surface area contributed by atoms with Gasteiger partial charge in [0.05, 0.1) is 23.8 Å². The van der Waals surface area contributed by atoms with E-state index in [1.54, 1.807) is 18.2 Å². The van der Waals surface area contributed by atoms with Gasteiger partial charge < -0.3 is 14.3 Å². The second-order valence-electron chi connectivity index (χ2n) is 6.62. The van der Waals surface area contributed by atoms with E-state index in [1.807, 2.05) is 31.2 Å². The van der Waals surface area contributed by atoms with Crippen LogP contribution in [0.25, 0.3) is 22.6 Å². The number of rotatable bonds is 5.